The summed E-state index contributed by atoms with van der Waals surface area (Å²) in [5, 5.41) is 4.54. The first-order chi connectivity index (χ1) is 8.22. The molecule has 1 aromatic carbocycles. The molecule has 3 atom stereocenters. The highest BCUT2D eigenvalue weighted by molar-refractivity contribution is 6.31. The Balaban J connectivity index is 1.89. The number of hydrogen-bond donors (Lipinski definition) is 1. The Morgan fingerprint density at radius 2 is 2.06 bits per heavy atom. The SMILES string of the molecule is CCC1CCC(NCc2ccccc2Cl)C1C. The molecular weight excluding hydrogens is 230 g/mol. The third kappa shape index (κ3) is 3.02. The molecule has 1 saturated carbocycles. The highest BCUT2D eigenvalue weighted by Crippen LogP contribution is 2.34. The number of rotatable bonds is 4. The van der Waals surface area contributed by atoms with E-state index in [2.05, 4.69) is 31.3 Å². The van der Waals surface area contributed by atoms with E-state index in [0.717, 1.165) is 23.4 Å². The van der Waals surface area contributed by atoms with Gasteiger partial charge in [-0.15, -0.1) is 0 Å². The Labute approximate surface area is 110 Å². The summed E-state index contributed by atoms with van der Waals surface area (Å²) in [5.74, 6) is 1.70. The minimum absolute atomic E-state index is 0.663. The van der Waals surface area contributed by atoms with Crippen molar-refractivity contribution in [3.63, 3.8) is 0 Å². The van der Waals surface area contributed by atoms with Gasteiger partial charge in [0.05, 0.1) is 0 Å². The predicted molar refractivity (Wildman–Crippen MR) is 74.3 cm³/mol. The molecule has 2 heteroatoms. The summed E-state index contributed by atoms with van der Waals surface area (Å²) in [6.07, 6.45) is 3.99. The lowest BCUT2D eigenvalue weighted by atomic mass is 9.93. The molecule has 2 rings (SSSR count). The molecule has 1 aliphatic rings. The van der Waals surface area contributed by atoms with Crippen LogP contribution in [-0.2, 0) is 6.54 Å². The minimum atomic E-state index is 0.663. The summed E-state index contributed by atoms with van der Waals surface area (Å²) in [6, 6.07) is 8.77. The van der Waals surface area contributed by atoms with Crippen molar-refractivity contribution >= 4 is 11.6 Å². The van der Waals surface area contributed by atoms with E-state index in [1.807, 2.05) is 12.1 Å². The van der Waals surface area contributed by atoms with E-state index in [1.54, 1.807) is 0 Å². The topological polar surface area (TPSA) is 12.0 Å². The van der Waals surface area contributed by atoms with Crippen molar-refractivity contribution in [3.05, 3.63) is 34.9 Å². The van der Waals surface area contributed by atoms with E-state index in [4.69, 9.17) is 11.6 Å². The Morgan fingerprint density at radius 1 is 1.29 bits per heavy atom. The Bertz CT molecular complexity index is 364. The molecule has 0 bridgehead atoms. The van der Waals surface area contributed by atoms with Crippen LogP contribution in [0, 0.1) is 11.8 Å². The summed E-state index contributed by atoms with van der Waals surface area (Å²) in [5.41, 5.74) is 1.21. The van der Waals surface area contributed by atoms with Crippen LogP contribution in [0.25, 0.3) is 0 Å². The van der Waals surface area contributed by atoms with E-state index in [0.29, 0.717) is 6.04 Å². The lowest BCUT2D eigenvalue weighted by Gasteiger charge is -2.21. The van der Waals surface area contributed by atoms with Gasteiger partial charge in [0, 0.05) is 17.6 Å². The summed E-state index contributed by atoms with van der Waals surface area (Å²) in [4.78, 5) is 0. The monoisotopic (exact) mass is 251 g/mol. The Kier molecular flexibility index (Phi) is 4.47. The van der Waals surface area contributed by atoms with Gasteiger partial charge in [0.2, 0.25) is 0 Å². The highest BCUT2D eigenvalue weighted by Gasteiger charge is 2.30. The third-order valence-electron chi connectivity index (χ3n) is 4.26. The van der Waals surface area contributed by atoms with Crippen molar-refractivity contribution in [3.8, 4) is 0 Å². The maximum Gasteiger partial charge on any atom is 0.0450 e. The van der Waals surface area contributed by atoms with Gasteiger partial charge in [-0.05, 0) is 36.3 Å². The fraction of sp³-hybridized carbons (Fsp3) is 0.600. The number of nitrogens with one attached hydrogen (secondary N) is 1. The van der Waals surface area contributed by atoms with Crippen LogP contribution in [0.1, 0.15) is 38.7 Å². The number of benzene rings is 1. The number of hydrogen-bond acceptors (Lipinski definition) is 1. The minimum Gasteiger partial charge on any atom is -0.310 e. The second-order valence-electron chi connectivity index (χ2n) is 5.18. The van der Waals surface area contributed by atoms with Crippen LogP contribution < -0.4 is 5.32 Å². The van der Waals surface area contributed by atoms with Crippen LogP contribution in [0.4, 0.5) is 0 Å². The smallest absolute Gasteiger partial charge is 0.0450 e. The molecule has 1 aromatic rings. The summed E-state index contributed by atoms with van der Waals surface area (Å²) in [6.45, 7) is 5.58. The van der Waals surface area contributed by atoms with Gasteiger partial charge in [-0.1, -0.05) is 50.1 Å². The van der Waals surface area contributed by atoms with E-state index < -0.39 is 0 Å². The zero-order valence-electron chi connectivity index (χ0n) is 10.7. The summed E-state index contributed by atoms with van der Waals surface area (Å²) in [7, 11) is 0. The molecule has 0 saturated heterocycles. The molecule has 0 radical (unpaired) electrons. The van der Waals surface area contributed by atoms with Crippen LogP contribution in [0.15, 0.2) is 24.3 Å². The molecule has 17 heavy (non-hydrogen) atoms. The van der Waals surface area contributed by atoms with Crippen molar-refractivity contribution in [2.24, 2.45) is 11.8 Å². The predicted octanol–water partition coefficient (Wildman–Crippen LogP) is 4.25. The van der Waals surface area contributed by atoms with Crippen molar-refractivity contribution in [2.45, 2.75) is 45.7 Å². The summed E-state index contributed by atoms with van der Waals surface area (Å²) >= 11 is 6.16. The van der Waals surface area contributed by atoms with Crippen molar-refractivity contribution < 1.29 is 0 Å². The van der Waals surface area contributed by atoms with Gasteiger partial charge in [-0.3, -0.25) is 0 Å². The second kappa shape index (κ2) is 5.88. The van der Waals surface area contributed by atoms with Gasteiger partial charge in [-0.25, -0.2) is 0 Å². The summed E-state index contributed by atoms with van der Waals surface area (Å²) < 4.78 is 0. The first kappa shape index (κ1) is 12.9. The van der Waals surface area contributed by atoms with Gasteiger partial charge < -0.3 is 5.32 Å². The Morgan fingerprint density at radius 3 is 2.71 bits per heavy atom. The molecule has 1 N–H and O–H groups in total. The number of halogens is 1. The average molecular weight is 252 g/mol. The third-order valence-corrected chi connectivity index (χ3v) is 4.63. The first-order valence-corrected chi connectivity index (χ1v) is 7.07. The van der Waals surface area contributed by atoms with Crippen molar-refractivity contribution in [2.75, 3.05) is 0 Å². The van der Waals surface area contributed by atoms with Crippen molar-refractivity contribution in [1.29, 1.82) is 0 Å². The average Bonchev–Trinajstić information content (AvgIpc) is 2.69. The van der Waals surface area contributed by atoms with E-state index in [1.165, 1.54) is 24.8 Å². The van der Waals surface area contributed by atoms with Crippen molar-refractivity contribution in [1.82, 2.24) is 5.32 Å². The lowest BCUT2D eigenvalue weighted by Crippen LogP contribution is -2.32. The maximum absolute atomic E-state index is 6.16. The lowest BCUT2D eigenvalue weighted by molar-refractivity contribution is 0.344. The van der Waals surface area contributed by atoms with E-state index >= 15 is 0 Å². The van der Waals surface area contributed by atoms with Crippen LogP contribution >= 0.6 is 11.6 Å². The Hall–Kier alpha value is -0.530. The molecule has 94 valence electrons. The van der Waals surface area contributed by atoms with Gasteiger partial charge in [0.1, 0.15) is 0 Å². The standard InChI is InChI=1S/C15H22ClN/c1-3-12-8-9-15(11(12)2)17-10-13-6-4-5-7-14(13)16/h4-7,11-12,15,17H,3,8-10H2,1-2H3. The van der Waals surface area contributed by atoms with Crippen LogP contribution in [0.2, 0.25) is 5.02 Å². The van der Waals surface area contributed by atoms with E-state index in [9.17, 15) is 0 Å². The first-order valence-electron chi connectivity index (χ1n) is 6.69. The molecule has 0 aromatic heterocycles. The van der Waals surface area contributed by atoms with Crippen LogP contribution in [0.5, 0.6) is 0 Å². The quantitative estimate of drug-likeness (QED) is 0.844. The van der Waals surface area contributed by atoms with E-state index in [-0.39, 0.29) is 0 Å². The molecule has 0 amide bonds. The van der Waals surface area contributed by atoms with Gasteiger partial charge in [0.25, 0.3) is 0 Å². The molecule has 1 fully saturated rings. The molecule has 0 heterocycles. The van der Waals surface area contributed by atoms with Crippen LogP contribution in [-0.4, -0.2) is 6.04 Å². The molecule has 1 nitrogen and oxygen atoms in total. The molecule has 3 unspecified atom stereocenters. The molecule has 0 aliphatic heterocycles. The fourth-order valence-electron chi connectivity index (χ4n) is 2.99. The molecular formula is C15H22ClN. The normalized spacial score (nSPS) is 28.5. The highest BCUT2D eigenvalue weighted by atomic mass is 35.5. The fourth-order valence-corrected chi connectivity index (χ4v) is 3.20. The molecule has 1 aliphatic carbocycles. The zero-order chi connectivity index (χ0) is 12.3. The second-order valence-corrected chi connectivity index (χ2v) is 5.59. The van der Waals surface area contributed by atoms with Gasteiger partial charge in [0.15, 0.2) is 0 Å². The van der Waals surface area contributed by atoms with Crippen LogP contribution in [0.3, 0.4) is 0 Å². The molecule has 0 spiro atoms. The van der Waals surface area contributed by atoms with Gasteiger partial charge >= 0.3 is 0 Å². The largest absolute Gasteiger partial charge is 0.310 e. The van der Waals surface area contributed by atoms with Gasteiger partial charge in [-0.2, -0.15) is 0 Å². The zero-order valence-corrected chi connectivity index (χ0v) is 11.5. The maximum atomic E-state index is 6.16.